The molecule has 162 valence electrons. The maximum absolute atomic E-state index is 13.2. The van der Waals surface area contributed by atoms with Gasteiger partial charge in [-0.3, -0.25) is 4.79 Å². The van der Waals surface area contributed by atoms with E-state index < -0.39 is 0 Å². The zero-order chi connectivity index (χ0) is 22.5. The number of hydrogen-bond donors (Lipinski definition) is 3. The molecule has 0 aliphatic carbocycles. The van der Waals surface area contributed by atoms with Crippen LogP contribution in [0.3, 0.4) is 0 Å². The van der Waals surface area contributed by atoms with Crippen LogP contribution in [0.1, 0.15) is 10.5 Å². The van der Waals surface area contributed by atoms with Crippen molar-refractivity contribution < 1.29 is 9.18 Å². The van der Waals surface area contributed by atoms with Gasteiger partial charge in [-0.1, -0.05) is 34.1 Å². The minimum Gasteiger partial charge on any atom is -0.349 e. The summed E-state index contributed by atoms with van der Waals surface area (Å²) in [5.74, 6) is -0.323. The molecule has 3 N–H and O–H groups in total. The molecule has 2 heterocycles. The molecule has 7 nitrogen and oxygen atoms in total. The molecule has 0 saturated carbocycles. The minimum atomic E-state index is -0.329. The van der Waals surface area contributed by atoms with Crippen molar-refractivity contribution in [2.75, 3.05) is 25.5 Å². The third kappa shape index (κ3) is 4.90. The van der Waals surface area contributed by atoms with Crippen LogP contribution in [0.2, 0.25) is 0 Å². The molecule has 1 amide bonds. The van der Waals surface area contributed by atoms with Gasteiger partial charge in [0.25, 0.3) is 5.91 Å². The summed E-state index contributed by atoms with van der Waals surface area (Å²) >= 11 is 3.56. The van der Waals surface area contributed by atoms with Crippen LogP contribution >= 0.6 is 15.9 Å². The van der Waals surface area contributed by atoms with Crippen LogP contribution in [0.25, 0.3) is 22.2 Å². The number of aromatic nitrogens is 3. The summed E-state index contributed by atoms with van der Waals surface area (Å²) in [6.45, 7) is 1.10. The molecule has 2 aromatic heterocycles. The molecule has 9 heteroatoms. The lowest BCUT2D eigenvalue weighted by molar-refractivity contribution is 0.0950. The van der Waals surface area contributed by atoms with Crippen molar-refractivity contribution in [1.82, 2.24) is 25.6 Å². The minimum absolute atomic E-state index is 0.270. The van der Waals surface area contributed by atoms with Crippen LogP contribution in [0, 0.1) is 5.82 Å². The standard InChI is InChI=1S/C23H20BrFN6O/c1-26-10-11-27-22(32)20-18(17-4-2-3-5-19(17)24)12-14-13-28-23(31-21(14)30-20)29-16-8-6-15(25)7-9-16/h2-9,12-13,26H,10-11H2,1H3,(H,27,32)(H,28,29,30,31). The number of likely N-dealkylation sites (N-methyl/N-ethyl adjacent to an activating group) is 1. The van der Waals surface area contributed by atoms with Gasteiger partial charge in [0.05, 0.1) is 0 Å². The molecule has 0 aliphatic heterocycles. The molecule has 0 saturated heterocycles. The number of fused-ring (bicyclic) bond motifs is 1. The molecule has 0 atom stereocenters. The number of rotatable bonds is 7. The fraction of sp³-hybridized carbons (Fsp3) is 0.130. The number of pyridine rings is 1. The zero-order valence-corrected chi connectivity index (χ0v) is 18.8. The molecule has 32 heavy (non-hydrogen) atoms. The number of carbonyl (C=O) groups is 1. The Morgan fingerprint density at radius 3 is 2.56 bits per heavy atom. The monoisotopic (exact) mass is 494 g/mol. The van der Waals surface area contributed by atoms with Crippen molar-refractivity contribution in [2.45, 2.75) is 0 Å². The fourth-order valence-corrected chi connectivity index (χ4v) is 3.63. The van der Waals surface area contributed by atoms with E-state index in [1.165, 1.54) is 12.1 Å². The van der Waals surface area contributed by atoms with Gasteiger partial charge in [0.1, 0.15) is 11.5 Å². The largest absolute Gasteiger partial charge is 0.349 e. The predicted molar refractivity (Wildman–Crippen MR) is 126 cm³/mol. The van der Waals surface area contributed by atoms with E-state index in [-0.39, 0.29) is 17.4 Å². The van der Waals surface area contributed by atoms with Gasteiger partial charge in [0, 0.05) is 40.4 Å². The lowest BCUT2D eigenvalue weighted by atomic mass is 10.0. The number of amides is 1. The number of halogens is 2. The molecule has 0 aliphatic rings. The summed E-state index contributed by atoms with van der Waals surface area (Å²) in [7, 11) is 1.82. The lowest BCUT2D eigenvalue weighted by Crippen LogP contribution is -2.31. The van der Waals surface area contributed by atoms with E-state index in [9.17, 15) is 9.18 Å². The number of nitrogens with one attached hydrogen (secondary N) is 3. The molecule has 0 unspecified atom stereocenters. The van der Waals surface area contributed by atoms with Gasteiger partial charge in [0.2, 0.25) is 5.95 Å². The van der Waals surface area contributed by atoms with Crippen molar-refractivity contribution >= 4 is 44.5 Å². The van der Waals surface area contributed by atoms with Crippen molar-refractivity contribution in [1.29, 1.82) is 0 Å². The first kappa shape index (κ1) is 21.8. The van der Waals surface area contributed by atoms with E-state index in [0.717, 1.165) is 10.0 Å². The third-order valence-corrected chi connectivity index (χ3v) is 5.40. The number of anilines is 2. The van der Waals surface area contributed by atoms with E-state index in [0.29, 0.717) is 41.3 Å². The Hall–Kier alpha value is -3.43. The van der Waals surface area contributed by atoms with E-state index in [2.05, 4.69) is 46.8 Å². The molecule has 0 fully saturated rings. The van der Waals surface area contributed by atoms with Crippen LogP contribution < -0.4 is 16.0 Å². The summed E-state index contributed by atoms with van der Waals surface area (Å²) in [5, 5.41) is 9.59. The average Bonchev–Trinajstić information content (AvgIpc) is 2.80. The molecular weight excluding hydrogens is 475 g/mol. The van der Waals surface area contributed by atoms with Crippen LogP contribution in [-0.4, -0.2) is 41.0 Å². The zero-order valence-electron chi connectivity index (χ0n) is 17.2. The van der Waals surface area contributed by atoms with Gasteiger partial charge in [-0.25, -0.2) is 14.4 Å². The quantitative estimate of drug-likeness (QED) is 0.332. The summed E-state index contributed by atoms with van der Waals surface area (Å²) in [5.41, 5.74) is 2.80. The Kier molecular flexibility index (Phi) is 6.67. The number of hydrogen-bond acceptors (Lipinski definition) is 6. The SMILES string of the molecule is CNCCNC(=O)c1nc2nc(Nc3ccc(F)cc3)ncc2cc1-c1ccccc1Br. The highest BCUT2D eigenvalue weighted by molar-refractivity contribution is 9.10. The smallest absolute Gasteiger partial charge is 0.270 e. The van der Waals surface area contributed by atoms with Gasteiger partial charge in [-0.2, -0.15) is 4.98 Å². The van der Waals surface area contributed by atoms with E-state index in [4.69, 9.17) is 0 Å². The summed E-state index contributed by atoms with van der Waals surface area (Å²) < 4.78 is 14.0. The Morgan fingerprint density at radius 1 is 1.03 bits per heavy atom. The molecule has 4 rings (SSSR count). The van der Waals surface area contributed by atoms with Crippen molar-refractivity contribution in [2.24, 2.45) is 0 Å². The van der Waals surface area contributed by atoms with Crippen LogP contribution in [0.5, 0.6) is 0 Å². The van der Waals surface area contributed by atoms with Gasteiger partial charge in [-0.05, 0) is 49.0 Å². The lowest BCUT2D eigenvalue weighted by Gasteiger charge is -2.13. The van der Waals surface area contributed by atoms with E-state index in [1.807, 2.05) is 37.4 Å². The Bertz CT molecular complexity index is 1270. The maximum Gasteiger partial charge on any atom is 0.270 e. The Morgan fingerprint density at radius 2 is 1.81 bits per heavy atom. The number of nitrogens with zero attached hydrogens (tertiary/aromatic N) is 3. The van der Waals surface area contributed by atoms with Gasteiger partial charge in [-0.15, -0.1) is 0 Å². The van der Waals surface area contributed by atoms with Crippen LogP contribution in [0.15, 0.2) is 65.3 Å². The van der Waals surface area contributed by atoms with Gasteiger partial charge >= 0.3 is 0 Å². The number of benzene rings is 2. The fourth-order valence-electron chi connectivity index (χ4n) is 3.13. The second-order valence-electron chi connectivity index (χ2n) is 6.96. The van der Waals surface area contributed by atoms with Crippen LogP contribution in [-0.2, 0) is 0 Å². The average molecular weight is 495 g/mol. The first-order valence-electron chi connectivity index (χ1n) is 9.93. The predicted octanol–water partition coefficient (Wildman–Crippen LogP) is 4.29. The second kappa shape index (κ2) is 9.80. The molecule has 0 spiro atoms. The first-order chi connectivity index (χ1) is 15.5. The maximum atomic E-state index is 13.2. The highest BCUT2D eigenvalue weighted by atomic mass is 79.9. The third-order valence-electron chi connectivity index (χ3n) is 4.71. The Balaban J connectivity index is 1.76. The van der Waals surface area contributed by atoms with Crippen LogP contribution in [0.4, 0.5) is 16.0 Å². The Labute approximate surface area is 192 Å². The van der Waals surface area contributed by atoms with Gasteiger partial charge in [0.15, 0.2) is 5.65 Å². The molecular formula is C23H20BrFN6O. The summed E-state index contributed by atoms with van der Waals surface area (Å²) in [4.78, 5) is 26.3. The van der Waals surface area contributed by atoms with Crippen molar-refractivity contribution in [3.8, 4) is 11.1 Å². The first-order valence-corrected chi connectivity index (χ1v) is 10.7. The van der Waals surface area contributed by atoms with E-state index in [1.54, 1.807) is 18.3 Å². The topological polar surface area (TPSA) is 91.8 Å². The van der Waals surface area contributed by atoms with Gasteiger partial charge < -0.3 is 16.0 Å². The normalized spacial score (nSPS) is 10.8. The number of carbonyl (C=O) groups excluding carboxylic acids is 1. The molecule has 0 radical (unpaired) electrons. The van der Waals surface area contributed by atoms with Crippen molar-refractivity contribution in [3.63, 3.8) is 0 Å². The molecule has 2 aromatic carbocycles. The second-order valence-corrected chi connectivity index (χ2v) is 7.82. The summed E-state index contributed by atoms with van der Waals surface area (Å²) in [6.07, 6.45) is 1.64. The highest BCUT2D eigenvalue weighted by Crippen LogP contribution is 2.32. The molecule has 4 aromatic rings. The highest BCUT2D eigenvalue weighted by Gasteiger charge is 2.18. The molecule has 0 bridgehead atoms. The van der Waals surface area contributed by atoms with Crippen molar-refractivity contribution in [3.05, 3.63) is 76.8 Å². The van der Waals surface area contributed by atoms with E-state index >= 15 is 0 Å². The summed E-state index contributed by atoms with van der Waals surface area (Å²) in [6, 6.07) is 15.4.